The zero-order chi connectivity index (χ0) is 8.55. The van der Waals surface area contributed by atoms with Crippen molar-refractivity contribution in [3.05, 3.63) is 18.3 Å². The second-order valence-electron chi connectivity index (χ2n) is 2.74. The van der Waals surface area contributed by atoms with Crippen LogP contribution in [0.3, 0.4) is 0 Å². The lowest BCUT2D eigenvalue weighted by molar-refractivity contribution is -0.122. The molecule has 1 aromatic rings. The Hall–Kier alpha value is -1.58. The van der Waals surface area contributed by atoms with E-state index in [1.165, 1.54) is 0 Å². The van der Waals surface area contributed by atoms with Gasteiger partial charge in [-0.05, 0) is 12.1 Å². The molecule has 0 atom stereocenters. The molecule has 0 aliphatic carbocycles. The zero-order valence-corrected chi connectivity index (χ0v) is 6.53. The maximum absolute atomic E-state index is 11.0. The first kappa shape index (κ1) is 7.09. The normalized spacial score (nSPS) is 16.0. The number of nitrogens with two attached hydrogens (primary N) is 1. The molecule has 1 fully saturated rings. The summed E-state index contributed by atoms with van der Waals surface area (Å²) in [5, 5.41) is 0. The van der Waals surface area contributed by atoms with Crippen LogP contribution in [0.1, 0.15) is 6.42 Å². The van der Waals surface area contributed by atoms with Crippen molar-refractivity contribution in [1.82, 2.24) is 4.98 Å². The van der Waals surface area contributed by atoms with E-state index in [0.29, 0.717) is 12.2 Å². The van der Waals surface area contributed by atoms with E-state index >= 15 is 0 Å². The van der Waals surface area contributed by atoms with Crippen molar-refractivity contribution in [2.75, 3.05) is 17.2 Å². The predicted molar refractivity (Wildman–Crippen MR) is 45.6 cm³/mol. The topological polar surface area (TPSA) is 59.2 Å². The molecule has 4 heteroatoms. The van der Waals surface area contributed by atoms with Gasteiger partial charge >= 0.3 is 0 Å². The van der Waals surface area contributed by atoms with Gasteiger partial charge in [0.25, 0.3) is 0 Å². The number of rotatable bonds is 1. The Morgan fingerprint density at radius 3 is 2.75 bits per heavy atom. The van der Waals surface area contributed by atoms with Gasteiger partial charge in [0.15, 0.2) is 0 Å². The smallest absolute Gasteiger partial charge is 0.228 e. The first-order valence-electron chi connectivity index (χ1n) is 3.79. The Morgan fingerprint density at radius 2 is 2.33 bits per heavy atom. The van der Waals surface area contributed by atoms with Crippen LogP contribution in [0.25, 0.3) is 0 Å². The lowest BCUT2D eigenvalue weighted by Gasteiger charge is -2.30. The summed E-state index contributed by atoms with van der Waals surface area (Å²) in [4.78, 5) is 16.6. The fourth-order valence-electron chi connectivity index (χ4n) is 1.15. The molecule has 12 heavy (non-hydrogen) atoms. The molecule has 1 amide bonds. The van der Waals surface area contributed by atoms with Gasteiger partial charge in [-0.2, -0.15) is 0 Å². The number of carbonyl (C=O) groups excluding carboxylic acids is 1. The van der Waals surface area contributed by atoms with Gasteiger partial charge in [-0.1, -0.05) is 0 Å². The van der Waals surface area contributed by atoms with Crippen LogP contribution in [-0.2, 0) is 4.79 Å². The molecule has 0 saturated carbocycles. The first-order chi connectivity index (χ1) is 5.77. The third-order valence-corrected chi connectivity index (χ3v) is 1.93. The SMILES string of the molecule is Nc1ccc(N2CCC2=O)cn1. The molecule has 1 aliphatic rings. The summed E-state index contributed by atoms with van der Waals surface area (Å²) in [5.74, 6) is 0.633. The summed E-state index contributed by atoms with van der Waals surface area (Å²) < 4.78 is 0. The van der Waals surface area contributed by atoms with Gasteiger partial charge in [-0.25, -0.2) is 4.98 Å². The van der Waals surface area contributed by atoms with Crippen LogP contribution >= 0.6 is 0 Å². The lowest BCUT2D eigenvalue weighted by Crippen LogP contribution is -2.43. The Morgan fingerprint density at radius 1 is 1.50 bits per heavy atom. The maximum Gasteiger partial charge on any atom is 0.228 e. The highest BCUT2D eigenvalue weighted by atomic mass is 16.2. The van der Waals surface area contributed by atoms with Gasteiger partial charge in [-0.15, -0.1) is 0 Å². The van der Waals surface area contributed by atoms with Gasteiger partial charge in [0.05, 0.1) is 11.9 Å². The highest BCUT2D eigenvalue weighted by Crippen LogP contribution is 2.20. The number of pyridine rings is 1. The fourth-order valence-corrected chi connectivity index (χ4v) is 1.15. The number of hydrogen-bond acceptors (Lipinski definition) is 3. The molecule has 4 nitrogen and oxygen atoms in total. The van der Waals surface area contributed by atoms with Crippen LogP contribution in [0.5, 0.6) is 0 Å². The lowest BCUT2D eigenvalue weighted by atomic mass is 10.2. The summed E-state index contributed by atoms with van der Waals surface area (Å²) in [5.41, 5.74) is 6.24. The number of anilines is 2. The molecule has 1 aromatic heterocycles. The third-order valence-electron chi connectivity index (χ3n) is 1.93. The minimum Gasteiger partial charge on any atom is -0.384 e. The second kappa shape index (κ2) is 2.48. The van der Waals surface area contributed by atoms with Gasteiger partial charge in [-0.3, -0.25) is 4.79 Å². The molecule has 2 rings (SSSR count). The predicted octanol–water partition coefficient (Wildman–Crippen LogP) is 0.401. The molecule has 0 bridgehead atoms. The summed E-state index contributed by atoms with van der Waals surface area (Å²) in [6.07, 6.45) is 2.26. The quantitative estimate of drug-likeness (QED) is 0.609. The minimum atomic E-state index is 0.154. The number of hydrogen-bond donors (Lipinski definition) is 1. The van der Waals surface area contributed by atoms with E-state index in [1.807, 2.05) is 0 Å². The van der Waals surface area contributed by atoms with E-state index in [9.17, 15) is 4.79 Å². The number of nitrogens with zero attached hydrogens (tertiary/aromatic N) is 2. The maximum atomic E-state index is 11.0. The van der Waals surface area contributed by atoms with Crippen LogP contribution in [0, 0.1) is 0 Å². The molecule has 2 heterocycles. The van der Waals surface area contributed by atoms with Crippen LogP contribution < -0.4 is 10.6 Å². The Labute approximate surface area is 70.0 Å². The van der Waals surface area contributed by atoms with Crippen molar-refractivity contribution < 1.29 is 4.79 Å². The molecule has 0 aromatic carbocycles. The third kappa shape index (κ3) is 1.01. The average molecular weight is 163 g/mol. The number of amides is 1. The second-order valence-corrected chi connectivity index (χ2v) is 2.74. The highest BCUT2D eigenvalue weighted by molar-refractivity contribution is 5.99. The van der Waals surface area contributed by atoms with E-state index in [4.69, 9.17) is 5.73 Å². The first-order valence-corrected chi connectivity index (χ1v) is 3.79. The molecule has 62 valence electrons. The van der Waals surface area contributed by atoms with E-state index in [2.05, 4.69) is 4.98 Å². The Kier molecular flexibility index (Phi) is 1.46. The number of β-lactam (4-membered cyclic amide) rings is 1. The molecule has 0 unspecified atom stereocenters. The monoisotopic (exact) mass is 163 g/mol. The molecule has 1 saturated heterocycles. The van der Waals surface area contributed by atoms with Crippen molar-refractivity contribution in [1.29, 1.82) is 0 Å². The number of aromatic nitrogens is 1. The average Bonchev–Trinajstić information content (AvgIpc) is 2.06. The van der Waals surface area contributed by atoms with Crippen LogP contribution in [0.15, 0.2) is 18.3 Å². The van der Waals surface area contributed by atoms with Gasteiger partial charge in [0.2, 0.25) is 5.91 Å². The van der Waals surface area contributed by atoms with Crippen LogP contribution in [0.2, 0.25) is 0 Å². The van der Waals surface area contributed by atoms with Gasteiger partial charge in [0, 0.05) is 13.0 Å². The van der Waals surface area contributed by atoms with Crippen molar-refractivity contribution in [2.24, 2.45) is 0 Å². The summed E-state index contributed by atoms with van der Waals surface area (Å²) in [6, 6.07) is 3.50. The van der Waals surface area contributed by atoms with E-state index in [1.54, 1.807) is 23.2 Å². The van der Waals surface area contributed by atoms with E-state index < -0.39 is 0 Å². The summed E-state index contributed by atoms with van der Waals surface area (Å²) in [6.45, 7) is 0.796. The van der Waals surface area contributed by atoms with Crippen molar-refractivity contribution >= 4 is 17.4 Å². The largest absolute Gasteiger partial charge is 0.384 e. The summed E-state index contributed by atoms with van der Waals surface area (Å²) in [7, 11) is 0. The molecular weight excluding hydrogens is 154 g/mol. The number of nitrogen functional groups attached to an aromatic ring is 1. The zero-order valence-electron chi connectivity index (χ0n) is 6.53. The van der Waals surface area contributed by atoms with Gasteiger partial charge in [0.1, 0.15) is 5.82 Å². The molecule has 1 aliphatic heterocycles. The number of carbonyl (C=O) groups is 1. The van der Waals surface area contributed by atoms with Crippen molar-refractivity contribution in [2.45, 2.75) is 6.42 Å². The molecule has 0 spiro atoms. The fraction of sp³-hybridized carbons (Fsp3) is 0.250. The molecule has 0 radical (unpaired) electrons. The summed E-state index contributed by atoms with van der Waals surface area (Å²) >= 11 is 0. The molecule has 2 N–H and O–H groups in total. The van der Waals surface area contributed by atoms with E-state index in [-0.39, 0.29) is 5.91 Å². The van der Waals surface area contributed by atoms with Gasteiger partial charge < -0.3 is 10.6 Å². The Bertz CT molecular complexity index is 307. The highest BCUT2D eigenvalue weighted by Gasteiger charge is 2.24. The minimum absolute atomic E-state index is 0.154. The molecular formula is C8H9N3O. The van der Waals surface area contributed by atoms with Crippen LogP contribution in [-0.4, -0.2) is 17.4 Å². The van der Waals surface area contributed by atoms with E-state index in [0.717, 1.165) is 12.2 Å². The standard InChI is InChI=1S/C8H9N3O/c9-7-2-1-6(5-10-7)11-4-3-8(11)12/h1-2,5H,3-4H2,(H2,9,10). The Balaban J connectivity index is 2.23. The van der Waals surface area contributed by atoms with Crippen molar-refractivity contribution in [3.63, 3.8) is 0 Å². The van der Waals surface area contributed by atoms with Crippen molar-refractivity contribution in [3.8, 4) is 0 Å². The van der Waals surface area contributed by atoms with Crippen LogP contribution in [0.4, 0.5) is 11.5 Å².